The second-order valence-corrected chi connectivity index (χ2v) is 8.36. The Morgan fingerprint density at radius 3 is 2.52 bits per heavy atom. The van der Waals surface area contributed by atoms with Crippen molar-refractivity contribution in [2.75, 3.05) is 6.61 Å². The second-order valence-electron chi connectivity index (χ2n) is 6.74. The van der Waals surface area contributed by atoms with E-state index in [0.717, 1.165) is 11.1 Å². The first kappa shape index (κ1) is 19.8. The van der Waals surface area contributed by atoms with Gasteiger partial charge in [-0.3, -0.25) is 4.18 Å². The zero-order valence-electron chi connectivity index (χ0n) is 15.2. The molecule has 1 N–H and O–H groups in total. The van der Waals surface area contributed by atoms with Crippen molar-refractivity contribution in [2.24, 2.45) is 0 Å². The summed E-state index contributed by atoms with van der Waals surface area (Å²) in [4.78, 5) is 0.116. The molecule has 2 aromatic rings. The predicted octanol–water partition coefficient (Wildman–Crippen LogP) is 3.32. The lowest BCUT2D eigenvalue weighted by Gasteiger charge is -2.31. The second kappa shape index (κ2) is 8.80. The van der Waals surface area contributed by atoms with Gasteiger partial charge in [-0.25, -0.2) is 0 Å². The number of hydrogen-bond acceptors (Lipinski definition) is 5. The fourth-order valence-corrected chi connectivity index (χ4v) is 3.91. The molecule has 1 saturated heterocycles. The van der Waals surface area contributed by atoms with E-state index in [0.29, 0.717) is 12.8 Å². The number of aryl methyl sites for hydroxylation is 1. The Labute approximate surface area is 160 Å². The normalized spacial score (nSPS) is 23.6. The molecule has 0 saturated carbocycles. The highest BCUT2D eigenvalue weighted by atomic mass is 32.2. The van der Waals surface area contributed by atoms with Crippen molar-refractivity contribution < 1.29 is 22.4 Å². The molecule has 0 unspecified atom stereocenters. The standard InChI is InChI=1S/C21H24O5S/c1-16-7-11-21(12-8-16)27(23,24)25-15-20-14-18(22)13-19(26-20)10-9-17-5-3-2-4-6-17/h2-12,18-20,22H,13-15H2,1H3/b10-9+/t18-,19+,20+/m1/s1. The van der Waals surface area contributed by atoms with E-state index in [1.54, 1.807) is 12.1 Å². The van der Waals surface area contributed by atoms with Crippen LogP contribution < -0.4 is 0 Å². The molecule has 1 aliphatic heterocycles. The van der Waals surface area contributed by atoms with Crippen molar-refractivity contribution in [1.29, 1.82) is 0 Å². The Morgan fingerprint density at radius 1 is 1.11 bits per heavy atom. The Bertz CT molecular complexity index is 859. The molecule has 27 heavy (non-hydrogen) atoms. The molecule has 0 aromatic heterocycles. The lowest BCUT2D eigenvalue weighted by atomic mass is 10.0. The zero-order chi connectivity index (χ0) is 19.3. The summed E-state index contributed by atoms with van der Waals surface area (Å²) in [5, 5.41) is 10.1. The van der Waals surface area contributed by atoms with E-state index < -0.39 is 22.3 Å². The Morgan fingerprint density at radius 2 is 1.81 bits per heavy atom. The summed E-state index contributed by atoms with van der Waals surface area (Å²) >= 11 is 0. The zero-order valence-corrected chi connectivity index (χ0v) is 16.0. The van der Waals surface area contributed by atoms with E-state index in [1.807, 2.05) is 49.4 Å². The maximum Gasteiger partial charge on any atom is 0.297 e. The van der Waals surface area contributed by atoms with Crippen molar-refractivity contribution in [2.45, 2.75) is 43.0 Å². The number of aliphatic hydroxyl groups excluding tert-OH is 1. The summed E-state index contributed by atoms with van der Waals surface area (Å²) in [5.74, 6) is 0. The van der Waals surface area contributed by atoms with Crippen LogP contribution >= 0.6 is 0 Å². The average Bonchev–Trinajstić information content (AvgIpc) is 2.66. The van der Waals surface area contributed by atoms with Crippen LogP contribution in [0.2, 0.25) is 0 Å². The van der Waals surface area contributed by atoms with Gasteiger partial charge in [0.25, 0.3) is 10.1 Å². The van der Waals surface area contributed by atoms with Crippen molar-refractivity contribution in [3.05, 3.63) is 71.8 Å². The van der Waals surface area contributed by atoms with E-state index in [1.165, 1.54) is 12.1 Å². The maximum atomic E-state index is 12.3. The molecule has 2 aromatic carbocycles. The minimum Gasteiger partial charge on any atom is -0.393 e. The van der Waals surface area contributed by atoms with Crippen LogP contribution in [0.4, 0.5) is 0 Å². The van der Waals surface area contributed by atoms with Crippen LogP contribution in [0.15, 0.2) is 65.6 Å². The van der Waals surface area contributed by atoms with Gasteiger partial charge in [0.1, 0.15) is 0 Å². The molecular weight excluding hydrogens is 364 g/mol. The van der Waals surface area contributed by atoms with E-state index in [4.69, 9.17) is 8.92 Å². The minimum atomic E-state index is -3.85. The van der Waals surface area contributed by atoms with Gasteiger partial charge in [0.05, 0.1) is 29.8 Å². The van der Waals surface area contributed by atoms with Crippen molar-refractivity contribution in [1.82, 2.24) is 0 Å². The number of aliphatic hydroxyl groups is 1. The Balaban J connectivity index is 1.59. The average molecular weight is 388 g/mol. The first-order chi connectivity index (χ1) is 12.9. The molecule has 0 aliphatic carbocycles. The van der Waals surface area contributed by atoms with E-state index >= 15 is 0 Å². The van der Waals surface area contributed by atoms with Gasteiger partial charge < -0.3 is 9.84 Å². The number of ether oxygens (including phenoxy) is 1. The third-order valence-electron chi connectivity index (χ3n) is 4.43. The molecule has 1 aliphatic rings. The van der Waals surface area contributed by atoms with Gasteiger partial charge in [0, 0.05) is 12.8 Å². The summed E-state index contributed by atoms with van der Waals surface area (Å²) in [6, 6.07) is 16.3. The van der Waals surface area contributed by atoms with Crippen molar-refractivity contribution >= 4 is 16.2 Å². The number of benzene rings is 2. The molecule has 0 amide bonds. The third kappa shape index (κ3) is 5.74. The van der Waals surface area contributed by atoms with Crippen molar-refractivity contribution in [3.8, 4) is 0 Å². The summed E-state index contributed by atoms with van der Waals surface area (Å²) < 4.78 is 35.7. The van der Waals surface area contributed by atoms with Gasteiger partial charge in [0.2, 0.25) is 0 Å². The van der Waals surface area contributed by atoms with Crippen LogP contribution in [0.5, 0.6) is 0 Å². The quantitative estimate of drug-likeness (QED) is 0.769. The molecule has 5 nitrogen and oxygen atoms in total. The first-order valence-electron chi connectivity index (χ1n) is 8.95. The Kier molecular flexibility index (Phi) is 6.44. The van der Waals surface area contributed by atoms with Gasteiger partial charge in [-0.1, -0.05) is 60.2 Å². The fraction of sp³-hybridized carbons (Fsp3) is 0.333. The van der Waals surface area contributed by atoms with Gasteiger partial charge in [-0.15, -0.1) is 0 Å². The summed E-state index contributed by atoms with van der Waals surface area (Å²) in [5.41, 5.74) is 2.01. The SMILES string of the molecule is Cc1ccc(S(=O)(=O)OC[C@@H]2C[C@H](O)C[C@H](/C=C/c3ccccc3)O2)cc1. The topological polar surface area (TPSA) is 72.8 Å². The number of rotatable bonds is 6. The molecule has 3 atom stereocenters. The smallest absolute Gasteiger partial charge is 0.297 e. The lowest BCUT2D eigenvalue weighted by Crippen LogP contribution is -2.37. The molecule has 3 rings (SSSR count). The van der Waals surface area contributed by atoms with E-state index in [-0.39, 0.29) is 17.6 Å². The van der Waals surface area contributed by atoms with Crippen LogP contribution in [0, 0.1) is 6.92 Å². The minimum absolute atomic E-state index is 0.116. The van der Waals surface area contributed by atoms with E-state index in [9.17, 15) is 13.5 Å². The molecular formula is C21H24O5S. The highest BCUT2D eigenvalue weighted by molar-refractivity contribution is 7.86. The van der Waals surface area contributed by atoms with Crippen LogP contribution in [0.1, 0.15) is 24.0 Å². The maximum absolute atomic E-state index is 12.3. The number of hydrogen-bond donors (Lipinski definition) is 1. The highest BCUT2D eigenvalue weighted by Gasteiger charge is 2.29. The monoisotopic (exact) mass is 388 g/mol. The summed E-state index contributed by atoms with van der Waals surface area (Å²) in [7, 11) is -3.85. The van der Waals surface area contributed by atoms with Gasteiger partial charge >= 0.3 is 0 Å². The largest absolute Gasteiger partial charge is 0.393 e. The molecule has 144 valence electrons. The van der Waals surface area contributed by atoms with Gasteiger partial charge in [-0.05, 0) is 24.6 Å². The third-order valence-corrected chi connectivity index (χ3v) is 5.72. The van der Waals surface area contributed by atoms with Gasteiger partial charge in [-0.2, -0.15) is 8.42 Å². The van der Waals surface area contributed by atoms with Gasteiger partial charge in [0.15, 0.2) is 0 Å². The molecule has 6 heteroatoms. The van der Waals surface area contributed by atoms with Crippen LogP contribution in [-0.2, 0) is 19.0 Å². The van der Waals surface area contributed by atoms with E-state index in [2.05, 4.69) is 0 Å². The fourth-order valence-electron chi connectivity index (χ4n) is 2.98. The Hall–Kier alpha value is -1.99. The lowest BCUT2D eigenvalue weighted by molar-refractivity contribution is -0.0889. The van der Waals surface area contributed by atoms with Crippen LogP contribution in [0.25, 0.3) is 6.08 Å². The first-order valence-corrected chi connectivity index (χ1v) is 10.4. The molecule has 1 fully saturated rings. The summed E-state index contributed by atoms with van der Waals surface area (Å²) in [6.07, 6.45) is 3.32. The molecule has 0 spiro atoms. The molecule has 1 heterocycles. The van der Waals surface area contributed by atoms with Crippen LogP contribution in [0.3, 0.4) is 0 Å². The summed E-state index contributed by atoms with van der Waals surface area (Å²) in [6.45, 7) is 1.76. The molecule has 0 bridgehead atoms. The van der Waals surface area contributed by atoms with Crippen molar-refractivity contribution in [3.63, 3.8) is 0 Å². The highest BCUT2D eigenvalue weighted by Crippen LogP contribution is 2.23. The molecule has 0 radical (unpaired) electrons. The van der Waals surface area contributed by atoms with Crippen LogP contribution in [-0.4, -0.2) is 38.4 Å². The predicted molar refractivity (Wildman–Crippen MR) is 104 cm³/mol.